The van der Waals surface area contributed by atoms with Crippen LogP contribution in [0, 0.1) is 0 Å². The van der Waals surface area contributed by atoms with Gasteiger partial charge in [-0.2, -0.15) is 13.2 Å². The van der Waals surface area contributed by atoms with Crippen LogP contribution in [0.5, 0.6) is 0 Å². The van der Waals surface area contributed by atoms with Crippen LogP contribution in [-0.2, 0) is 4.79 Å². The molecule has 1 rings (SSSR count). The van der Waals surface area contributed by atoms with Crippen molar-refractivity contribution in [2.24, 2.45) is 0 Å². The number of halogens is 3. The fourth-order valence-electron chi connectivity index (χ4n) is 1.42. The Hall–Kier alpha value is -0.190. The molecule has 5 heteroatoms. The first-order valence-corrected chi connectivity index (χ1v) is 5.13. The first-order valence-electron chi connectivity index (χ1n) is 4.14. The van der Waals surface area contributed by atoms with E-state index in [0.29, 0.717) is 12.7 Å². The number of rotatable bonds is 3. The number of thioether (sulfide) groups is 1. The third-order valence-electron chi connectivity index (χ3n) is 2.18. The molecule has 1 heterocycles. The third-order valence-corrected chi connectivity index (χ3v) is 3.75. The van der Waals surface area contributed by atoms with Gasteiger partial charge in [0.1, 0.15) is 6.29 Å². The van der Waals surface area contributed by atoms with Gasteiger partial charge >= 0.3 is 6.18 Å². The van der Waals surface area contributed by atoms with Crippen molar-refractivity contribution >= 4 is 18.0 Å². The predicted octanol–water partition coefficient (Wildman–Crippen LogP) is 2.79. The average molecular weight is 212 g/mol. The zero-order chi connectivity index (χ0) is 9.95. The standard InChI is InChI=1S/C8H11F3OS/c9-8(10,11)4-3-7(6-12)2-1-5-13-7/h6H,1-5H2. The summed E-state index contributed by atoms with van der Waals surface area (Å²) >= 11 is 1.36. The number of hydrogen-bond acceptors (Lipinski definition) is 2. The molecule has 0 aromatic carbocycles. The topological polar surface area (TPSA) is 17.1 Å². The Morgan fingerprint density at radius 2 is 2.15 bits per heavy atom. The fraction of sp³-hybridized carbons (Fsp3) is 0.875. The van der Waals surface area contributed by atoms with Crippen molar-refractivity contribution < 1.29 is 18.0 Å². The summed E-state index contributed by atoms with van der Waals surface area (Å²) in [7, 11) is 0. The molecule has 0 bridgehead atoms. The second-order valence-corrected chi connectivity index (χ2v) is 4.76. The lowest BCUT2D eigenvalue weighted by molar-refractivity contribution is -0.137. The molecule has 0 aliphatic carbocycles. The molecule has 0 amide bonds. The molecule has 76 valence electrons. The molecule has 1 unspecified atom stereocenters. The largest absolute Gasteiger partial charge is 0.389 e. The van der Waals surface area contributed by atoms with E-state index in [0.717, 1.165) is 12.2 Å². The van der Waals surface area contributed by atoms with Crippen LogP contribution in [0.25, 0.3) is 0 Å². The number of hydrogen-bond donors (Lipinski definition) is 0. The highest BCUT2D eigenvalue weighted by atomic mass is 32.2. The highest BCUT2D eigenvalue weighted by Gasteiger charge is 2.38. The Kier molecular flexibility index (Phi) is 3.27. The van der Waals surface area contributed by atoms with Gasteiger partial charge in [-0.15, -0.1) is 11.8 Å². The summed E-state index contributed by atoms with van der Waals surface area (Å²) in [6.07, 6.45) is -2.92. The van der Waals surface area contributed by atoms with Crippen LogP contribution in [0.15, 0.2) is 0 Å². The van der Waals surface area contributed by atoms with E-state index in [4.69, 9.17) is 0 Å². The molecule has 0 N–H and O–H groups in total. The van der Waals surface area contributed by atoms with Crippen molar-refractivity contribution in [1.29, 1.82) is 0 Å². The lowest BCUT2D eigenvalue weighted by Gasteiger charge is -2.21. The summed E-state index contributed by atoms with van der Waals surface area (Å²) in [5.41, 5.74) is 0. The smallest absolute Gasteiger partial charge is 0.302 e. The van der Waals surface area contributed by atoms with Gasteiger partial charge in [-0.05, 0) is 25.0 Å². The number of alkyl halides is 3. The molecule has 0 spiro atoms. The summed E-state index contributed by atoms with van der Waals surface area (Å²) in [5, 5.41) is 0. The maximum absolute atomic E-state index is 11.9. The zero-order valence-corrected chi connectivity index (χ0v) is 7.88. The van der Waals surface area contributed by atoms with Crippen molar-refractivity contribution in [3.05, 3.63) is 0 Å². The first kappa shape index (κ1) is 10.9. The van der Waals surface area contributed by atoms with Crippen molar-refractivity contribution in [3.63, 3.8) is 0 Å². The fourth-order valence-corrected chi connectivity index (χ4v) is 2.72. The lowest BCUT2D eigenvalue weighted by Crippen LogP contribution is -2.25. The Bertz CT molecular complexity index is 184. The van der Waals surface area contributed by atoms with Crippen molar-refractivity contribution in [1.82, 2.24) is 0 Å². The van der Waals surface area contributed by atoms with E-state index in [9.17, 15) is 18.0 Å². The van der Waals surface area contributed by atoms with Gasteiger partial charge in [-0.3, -0.25) is 0 Å². The summed E-state index contributed by atoms with van der Waals surface area (Å²) in [6.45, 7) is 0. The molecule has 1 fully saturated rings. The van der Waals surface area contributed by atoms with Gasteiger partial charge < -0.3 is 4.79 Å². The van der Waals surface area contributed by atoms with Crippen molar-refractivity contribution in [2.45, 2.75) is 36.6 Å². The molecule has 1 nitrogen and oxygen atoms in total. The zero-order valence-electron chi connectivity index (χ0n) is 7.06. The van der Waals surface area contributed by atoms with Crippen LogP contribution >= 0.6 is 11.8 Å². The Morgan fingerprint density at radius 3 is 2.54 bits per heavy atom. The van der Waals surface area contributed by atoms with Crippen LogP contribution < -0.4 is 0 Å². The van der Waals surface area contributed by atoms with Crippen LogP contribution in [0.3, 0.4) is 0 Å². The average Bonchev–Trinajstić information content (AvgIpc) is 2.49. The van der Waals surface area contributed by atoms with E-state index in [1.165, 1.54) is 11.8 Å². The first-order chi connectivity index (χ1) is 5.97. The number of carbonyl (C=O) groups is 1. The summed E-state index contributed by atoms with van der Waals surface area (Å²) in [5.74, 6) is 0.802. The highest BCUT2D eigenvalue weighted by molar-refractivity contribution is 8.01. The second kappa shape index (κ2) is 3.90. The maximum Gasteiger partial charge on any atom is 0.389 e. The molecule has 13 heavy (non-hydrogen) atoms. The molecule has 0 aromatic heterocycles. The van der Waals surface area contributed by atoms with Crippen molar-refractivity contribution in [2.75, 3.05) is 5.75 Å². The van der Waals surface area contributed by atoms with Gasteiger partial charge in [0, 0.05) is 6.42 Å². The predicted molar refractivity (Wildman–Crippen MR) is 45.8 cm³/mol. The summed E-state index contributed by atoms with van der Waals surface area (Å²) in [6, 6.07) is 0. The second-order valence-electron chi connectivity index (χ2n) is 3.25. The molecule has 1 aliphatic heterocycles. The number of carbonyl (C=O) groups excluding carboxylic acids is 1. The minimum atomic E-state index is -4.14. The molecular formula is C8H11F3OS. The molecule has 1 aliphatic rings. The highest BCUT2D eigenvalue weighted by Crippen LogP contribution is 2.41. The monoisotopic (exact) mass is 212 g/mol. The Labute approximate surface area is 79.1 Å². The van der Waals surface area contributed by atoms with E-state index in [-0.39, 0.29) is 6.42 Å². The Balaban J connectivity index is 2.45. The molecule has 0 saturated carbocycles. The van der Waals surface area contributed by atoms with Gasteiger partial charge in [0.05, 0.1) is 4.75 Å². The quantitative estimate of drug-likeness (QED) is 0.669. The van der Waals surface area contributed by atoms with Crippen LogP contribution in [0.2, 0.25) is 0 Å². The number of aldehydes is 1. The van der Waals surface area contributed by atoms with Crippen LogP contribution in [-0.4, -0.2) is 23.0 Å². The summed E-state index contributed by atoms with van der Waals surface area (Å²) < 4.78 is 34.9. The SMILES string of the molecule is O=CC1(CCC(F)(F)F)CCCS1. The van der Waals surface area contributed by atoms with E-state index in [2.05, 4.69) is 0 Å². The maximum atomic E-state index is 11.9. The molecule has 1 saturated heterocycles. The van der Waals surface area contributed by atoms with E-state index in [1.807, 2.05) is 0 Å². The van der Waals surface area contributed by atoms with Gasteiger partial charge in [0.2, 0.25) is 0 Å². The van der Waals surface area contributed by atoms with Gasteiger partial charge in [0.15, 0.2) is 0 Å². The molecular weight excluding hydrogens is 201 g/mol. The normalized spacial score (nSPS) is 29.2. The third kappa shape index (κ3) is 3.21. The van der Waals surface area contributed by atoms with Gasteiger partial charge in [-0.25, -0.2) is 0 Å². The van der Waals surface area contributed by atoms with E-state index >= 15 is 0 Å². The van der Waals surface area contributed by atoms with Crippen molar-refractivity contribution in [3.8, 4) is 0 Å². The summed E-state index contributed by atoms with van der Waals surface area (Å²) in [4.78, 5) is 10.7. The van der Waals surface area contributed by atoms with Crippen LogP contribution in [0.1, 0.15) is 25.7 Å². The van der Waals surface area contributed by atoms with Gasteiger partial charge in [0.25, 0.3) is 0 Å². The minimum absolute atomic E-state index is 0.0648. The lowest BCUT2D eigenvalue weighted by atomic mass is 9.99. The molecule has 1 atom stereocenters. The molecule has 0 radical (unpaired) electrons. The van der Waals surface area contributed by atoms with E-state index in [1.54, 1.807) is 0 Å². The molecule has 0 aromatic rings. The van der Waals surface area contributed by atoms with Gasteiger partial charge in [-0.1, -0.05) is 0 Å². The minimum Gasteiger partial charge on any atom is -0.302 e. The Morgan fingerprint density at radius 1 is 1.46 bits per heavy atom. The van der Waals surface area contributed by atoms with Crippen LogP contribution in [0.4, 0.5) is 13.2 Å². The van der Waals surface area contributed by atoms with E-state index < -0.39 is 17.3 Å².